The summed E-state index contributed by atoms with van der Waals surface area (Å²) in [4.78, 5) is 25.0. The molecule has 2 fully saturated rings. The smallest absolute Gasteiger partial charge is 0.253 e. The first-order valence-corrected chi connectivity index (χ1v) is 12.9. The second-order valence-corrected chi connectivity index (χ2v) is 10.4. The number of halogens is 2. The van der Waals surface area contributed by atoms with Gasteiger partial charge in [-0.15, -0.1) is 0 Å². The SMILES string of the molecule is O=C(NC1CCC(CC2CCC(NC(=O)c3ccccc3Cl)CC2)CC1)c1ccccc1Cl. The Morgan fingerprint density at radius 3 is 1.36 bits per heavy atom. The van der Waals surface area contributed by atoms with Gasteiger partial charge in [-0.3, -0.25) is 9.59 Å². The van der Waals surface area contributed by atoms with Crippen molar-refractivity contribution in [3.63, 3.8) is 0 Å². The fourth-order valence-corrected chi connectivity index (χ4v) is 5.82. The lowest BCUT2D eigenvalue weighted by Crippen LogP contribution is -2.39. The predicted octanol–water partition coefficient (Wildman–Crippen LogP) is 6.66. The molecule has 6 heteroatoms. The van der Waals surface area contributed by atoms with Crippen LogP contribution in [0.5, 0.6) is 0 Å². The van der Waals surface area contributed by atoms with E-state index in [1.807, 2.05) is 24.3 Å². The zero-order valence-electron chi connectivity index (χ0n) is 18.9. The van der Waals surface area contributed by atoms with Gasteiger partial charge in [0.2, 0.25) is 0 Å². The van der Waals surface area contributed by atoms with Crippen LogP contribution < -0.4 is 10.6 Å². The summed E-state index contributed by atoms with van der Waals surface area (Å²) >= 11 is 12.3. The van der Waals surface area contributed by atoms with E-state index in [4.69, 9.17) is 23.2 Å². The highest BCUT2D eigenvalue weighted by Gasteiger charge is 2.28. The minimum absolute atomic E-state index is 0.0683. The lowest BCUT2D eigenvalue weighted by atomic mass is 9.75. The van der Waals surface area contributed by atoms with Crippen LogP contribution in [0.1, 0.15) is 78.5 Å². The first-order valence-electron chi connectivity index (χ1n) is 12.1. The second kappa shape index (κ2) is 11.4. The Morgan fingerprint density at radius 2 is 1.00 bits per heavy atom. The maximum absolute atomic E-state index is 12.5. The van der Waals surface area contributed by atoms with Gasteiger partial charge in [-0.2, -0.15) is 0 Å². The van der Waals surface area contributed by atoms with Gasteiger partial charge >= 0.3 is 0 Å². The molecule has 4 rings (SSSR count). The number of hydrogen-bond acceptors (Lipinski definition) is 2. The molecule has 0 aliphatic heterocycles. The van der Waals surface area contributed by atoms with Crippen molar-refractivity contribution in [3.05, 3.63) is 69.7 Å². The molecule has 4 nitrogen and oxygen atoms in total. The van der Waals surface area contributed by atoms with Crippen LogP contribution in [0.2, 0.25) is 10.0 Å². The third kappa shape index (κ3) is 6.51. The Kier molecular flexibility index (Phi) is 8.32. The first-order chi connectivity index (χ1) is 16.0. The summed E-state index contributed by atoms with van der Waals surface area (Å²) in [6, 6.07) is 14.9. The van der Waals surface area contributed by atoms with Crippen LogP contribution in [0.15, 0.2) is 48.5 Å². The highest BCUT2D eigenvalue weighted by Crippen LogP contribution is 2.35. The van der Waals surface area contributed by atoms with Crippen molar-refractivity contribution in [1.82, 2.24) is 10.6 Å². The Balaban J connectivity index is 1.16. The van der Waals surface area contributed by atoms with Gasteiger partial charge < -0.3 is 10.6 Å². The molecule has 2 aromatic rings. The maximum atomic E-state index is 12.5. The molecular weight excluding hydrogens is 455 g/mol. The number of nitrogens with one attached hydrogen (secondary N) is 2. The van der Waals surface area contributed by atoms with Gasteiger partial charge in [0.15, 0.2) is 0 Å². The molecule has 2 aliphatic carbocycles. The average Bonchev–Trinajstić information content (AvgIpc) is 2.82. The van der Waals surface area contributed by atoms with E-state index in [2.05, 4.69) is 10.6 Å². The highest BCUT2D eigenvalue weighted by molar-refractivity contribution is 6.34. The highest BCUT2D eigenvalue weighted by atomic mass is 35.5. The Morgan fingerprint density at radius 1 is 0.636 bits per heavy atom. The summed E-state index contributed by atoms with van der Waals surface area (Å²) < 4.78 is 0. The Hall–Kier alpha value is -2.04. The summed E-state index contributed by atoms with van der Waals surface area (Å²) in [7, 11) is 0. The van der Waals surface area contributed by atoms with Crippen LogP contribution >= 0.6 is 23.2 Å². The Bertz CT molecular complexity index is 887. The van der Waals surface area contributed by atoms with E-state index in [1.54, 1.807) is 24.3 Å². The normalized spacial score (nSPS) is 25.3. The quantitative estimate of drug-likeness (QED) is 0.479. The first kappa shape index (κ1) is 24.1. The number of amides is 2. The summed E-state index contributed by atoms with van der Waals surface area (Å²) in [5.74, 6) is 1.33. The van der Waals surface area contributed by atoms with Gasteiger partial charge in [-0.1, -0.05) is 47.5 Å². The number of benzene rings is 2. The lowest BCUT2D eigenvalue weighted by molar-refractivity contribution is 0.0918. The van der Waals surface area contributed by atoms with Gasteiger partial charge in [-0.05, 0) is 93.9 Å². The fraction of sp³-hybridized carbons (Fsp3) is 0.481. The van der Waals surface area contributed by atoms with Crippen molar-refractivity contribution in [2.75, 3.05) is 0 Å². The minimum atomic E-state index is -0.0683. The van der Waals surface area contributed by atoms with Gasteiger partial charge in [0.05, 0.1) is 21.2 Å². The maximum Gasteiger partial charge on any atom is 0.253 e. The number of carbonyl (C=O) groups is 2. The molecule has 2 aliphatic rings. The van der Waals surface area contributed by atoms with Gasteiger partial charge in [-0.25, -0.2) is 0 Å². The third-order valence-corrected chi connectivity index (χ3v) is 7.93. The predicted molar refractivity (Wildman–Crippen MR) is 134 cm³/mol. The number of hydrogen-bond donors (Lipinski definition) is 2. The van der Waals surface area contributed by atoms with E-state index in [9.17, 15) is 9.59 Å². The molecule has 2 N–H and O–H groups in total. The van der Waals surface area contributed by atoms with Crippen LogP contribution in [-0.2, 0) is 0 Å². The van der Waals surface area contributed by atoms with Gasteiger partial charge in [0, 0.05) is 12.1 Å². The summed E-state index contributed by atoms with van der Waals surface area (Å²) in [6.45, 7) is 0. The summed E-state index contributed by atoms with van der Waals surface area (Å²) in [6.07, 6.45) is 10.0. The molecule has 2 saturated carbocycles. The van der Waals surface area contributed by atoms with Crippen LogP contribution in [0.3, 0.4) is 0 Å². The monoisotopic (exact) mass is 486 g/mol. The molecule has 2 amide bonds. The van der Waals surface area contributed by atoms with E-state index in [1.165, 1.54) is 6.42 Å². The zero-order chi connectivity index (χ0) is 23.2. The molecule has 0 aromatic heterocycles. The molecule has 0 unspecified atom stereocenters. The number of carbonyl (C=O) groups excluding carboxylic acids is 2. The molecule has 0 heterocycles. The molecular formula is C27H32Cl2N2O2. The van der Waals surface area contributed by atoms with Crippen LogP contribution in [0.25, 0.3) is 0 Å². The van der Waals surface area contributed by atoms with Crippen molar-refractivity contribution >= 4 is 35.0 Å². The average molecular weight is 487 g/mol. The lowest BCUT2D eigenvalue weighted by Gasteiger charge is -2.34. The zero-order valence-corrected chi connectivity index (χ0v) is 20.4. The van der Waals surface area contributed by atoms with E-state index in [0.29, 0.717) is 21.2 Å². The standard InChI is InChI=1S/C27H32Cl2N2O2/c28-24-7-3-1-5-22(24)26(32)30-20-13-9-18(10-14-20)17-19-11-15-21(16-12-19)31-27(33)23-6-2-4-8-25(23)29/h1-8,18-21H,9-17H2,(H,30,32)(H,31,33). The van der Waals surface area contributed by atoms with Gasteiger partial charge in [0.1, 0.15) is 0 Å². The van der Waals surface area contributed by atoms with Crippen molar-refractivity contribution in [3.8, 4) is 0 Å². The fourth-order valence-electron chi connectivity index (χ4n) is 5.37. The van der Waals surface area contributed by atoms with Crippen molar-refractivity contribution in [1.29, 1.82) is 0 Å². The summed E-state index contributed by atoms with van der Waals surface area (Å²) in [5, 5.41) is 7.34. The number of rotatable bonds is 6. The van der Waals surface area contributed by atoms with Crippen LogP contribution in [0, 0.1) is 11.8 Å². The van der Waals surface area contributed by atoms with Crippen LogP contribution in [-0.4, -0.2) is 23.9 Å². The second-order valence-electron chi connectivity index (χ2n) is 9.58. The molecule has 0 saturated heterocycles. The molecule has 0 radical (unpaired) electrons. The van der Waals surface area contributed by atoms with Crippen LogP contribution in [0.4, 0.5) is 0 Å². The minimum Gasteiger partial charge on any atom is -0.349 e. The van der Waals surface area contributed by atoms with Crippen molar-refractivity contribution in [2.45, 2.75) is 69.9 Å². The van der Waals surface area contributed by atoms with E-state index in [-0.39, 0.29) is 23.9 Å². The molecule has 33 heavy (non-hydrogen) atoms. The van der Waals surface area contributed by atoms with E-state index in [0.717, 1.165) is 63.2 Å². The summed E-state index contributed by atoms with van der Waals surface area (Å²) in [5.41, 5.74) is 1.11. The third-order valence-electron chi connectivity index (χ3n) is 7.27. The van der Waals surface area contributed by atoms with E-state index < -0.39 is 0 Å². The topological polar surface area (TPSA) is 58.2 Å². The molecule has 176 valence electrons. The molecule has 2 aromatic carbocycles. The van der Waals surface area contributed by atoms with Crippen molar-refractivity contribution < 1.29 is 9.59 Å². The Labute approximate surface area is 206 Å². The largest absolute Gasteiger partial charge is 0.349 e. The molecule has 0 atom stereocenters. The van der Waals surface area contributed by atoms with Gasteiger partial charge in [0.25, 0.3) is 11.8 Å². The molecule has 0 bridgehead atoms. The molecule has 0 spiro atoms. The van der Waals surface area contributed by atoms with Crippen molar-refractivity contribution in [2.24, 2.45) is 11.8 Å². The van der Waals surface area contributed by atoms with E-state index >= 15 is 0 Å².